The minimum absolute atomic E-state index is 0.0364. The van der Waals surface area contributed by atoms with Gasteiger partial charge in [-0.1, -0.05) is 38.1 Å². The number of carboxylic acids is 1. The summed E-state index contributed by atoms with van der Waals surface area (Å²) >= 11 is 1.33. The van der Waals surface area contributed by atoms with Crippen LogP contribution in [0.15, 0.2) is 42.7 Å². The van der Waals surface area contributed by atoms with E-state index in [4.69, 9.17) is 0 Å². The molecule has 0 saturated heterocycles. The maximum absolute atomic E-state index is 12.3. The SMILES string of the molecule is CC(C)c1nsc(C=Cc2cncc(NC(=O)Cc3ccccc3C(=O)O)c2)n1. The first-order valence-electron chi connectivity index (χ1n) is 9.00. The molecule has 0 saturated carbocycles. The van der Waals surface area contributed by atoms with Gasteiger partial charge in [-0.25, -0.2) is 9.78 Å². The first kappa shape index (κ1) is 20.3. The van der Waals surface area contributed by atoms with Crippen LogP contribution in [0.25, 0.3) is 12.2 Å². The molecular weight excluding hydrogens is 388 g/mol. The molecule has 7 nitrogen and oxygen atoms in total. The van der Waals surface area contributed by atoms with Gasteiger partial charge in [-0.15, -0.1) is 0 Å². The Morgan fingerprint density at radius 2 is 2.00 bits per heavy atom. The van der Waals surface area contributed by atoms with Crippen LogP contribution in [0.3, 0.4) is 0 Å². The van der Waals surface area contributed by atoms with E-state index in [0.717, 1.165) is 16.4 Å². The van der Waals surface area contributed by atoms with Crippen molar-refractivity contribution >= 4 is 41.2 Å². The molecule has 0 atom stereocenters. The maximum Gasteiger partial charge on any atom is 0.335 e. The number of anilines is 1. The van der Waals surface area contributed by atoms with Crippen LogP contribution in [0.4, 0.5) is 5.69 Å². The molecular formula is C21H20N4O3S. The first-order valence-corrected chi connectivity index (χ1v) is 9.77. The van der Waals surface area contributed by atoms with Crippen LogP contribution in [0.5, 0.6) is 0 Å². The number of amides is 1. The summed E-state index contributed by atoms with van der Waals surface area (Å²) < 4.78 is 4.31. The van der Waals surface area contributed by atoms with Gasteiger partial charge in [0.25, 0.3) is 0 Å². The van der Waals surface area contributed by atoms with Gasteiger partial charge in [0, 0.05) is 12.1 Å². The summed E-state index contributed by atoms with van der Waals surface area (Å²) in [5.41, 5.74) is 1.91. The summed E-state index contributed by atoms with van der Waals surface area (Å²) in [6, 6.07) is 8.24. The van der Waals surface area contributed by atoms with Gasteiger partial charge in [0.05, 0.1) is 23.9 Å². The van der Waals surface area contributed by atoms with Crippen LogP contribution in [-0.2, 0) is 11.2 Å². The van der Waals surface area contributed by atoms with Gasteiger partial charge in [0.1, 0.15) is 10.8 Å². The van der Waals surface area contributed by atoms with E-state index in [1.165, 1.54) is 17.6 Å². The van der Waals surface area contributed by atoms with Gasteiger partial charge < -0.3 is 10.4 Å². The number of carbonyl (C=O) groups is 2. The number of carbonyl (C=O) groups excluding carboxylic acids is 1. The number of hydrogen-bond acceptors (Lipinski definition) is 6. The topological polar surface area (TPSA) is 105 Å². The lowest BCUT2D eigenvalue weighted by Crippen LogP contribution is -2.16. The molecule has 2 heterocycles. The fourth-order valence-electron chi connectivity index (χ4n) is 2.60. The zero-order valence-corrected chi connectivity index (χ0v) is 16.8. The number of rotatable bonds is 7. The van der Waals surface area contributed by atoms with Crippen molar-refractivity contribution in [2.75, 3.05) is 5.32 Å². The van der Waals surface area contributed by atoms with E-state index < -0.39 is 5.97 Å². The van der Waals surface area contributed by atoms with Gasteiger partial charge in [0.15, 0.2) is 0 Å². The predicted molar refractivity (Wildman–Crippen MR) is 113 cm³/mol. The lowest BCUT2D eigenvalue weighted by atomic mass is 10.0. The zero-order chi connectivity index (χ0) is 20.8. The Bertz CT molecular complexity index is 1060. The van der Waals surface area contributed by atoms with Crippen LogP contribution < -0.4 is 5.32 Å². The number of benzene rings is 1. The summed E-state index contributed by atoms with van der Waals surface area (Å²) in [4.78, 5) is 32.2. The Labute approximate surface area is 172 Å². The smallest absolute Gasteiger partial charge is 0.335 e. The lowest BCUT2D eigenvalue weighted by Gasteiger charge is -2.08. The summed E-state index contributed by atoms with van der Waals surface area (Å²) in [6.07, 6.45) is 6.89. The number of aromatic carboxylic acids is 1. The fraction of sp³-hybridized carbons (Fsp3) is 0.190. The van der Waals surface area contributed by atoms with Crippen molar-refractivity contribution in [3.63, 3.8) is 0 Å². The van der Waals surface area contributed by atoms with Gasteiger partial charge in [-0.2, -0.15) is 4.37 Å². The Morgan fingerprint density at radius 3 is 2.72 bits per heavy atom. The zero-order valence-electron chi connectivity index (χ0n) is 16.0. The largest absolute Gasteiger partial charge is 0.478 e. The second kappa shape index (κ2) is 9.20. The number of pyridine rings is 1. The molecule has 2 aromatic heterocycles. The highest BCUT2D eigenvalue weighted by Crippen LogP contribution is 2.17. The third-order valence-corrected chi connectivity index (χ3v) is 4.73. The molecule has 2 N–H and O–H groups in total. The molecule has 0 aliphatic carbocycles. The molecule has 0 fully saturated rings. The van der Waals surface area contributed by atoms with E-state index >= 15 is 0 Å². The summed E-state index contributed by atoms with van der Waals surface area (Å²) in [5.74, 6) is -0.276. The van der Waals surface area contributed by atoms with Gasteiger partial charge in [-0.05, 0) is 40.9 Å². The molecule has 1 amide bonds. The molecule has 3 aromatic rings. The summed E-state index contributed by atoms with van der Waals surface area (Å²) in [7, 11) is 0. The van der Waals surface area contributed by atoms with Crippen LogP contribution in [0.1, 0.15) is 52.1 Å². The number of aromatic nitrogens is 3. The Morgan fingerprint density at radius 1 is 1.21 bits per heavy atom. The Hall–Kier alpha value is -3.39. The molecule has 148 valence electrons. The van der Waals surface area contributed by atoms with Crippen molar-refractivity contribution in [3.8, 4) is 0 Å². The number of nitrogens with one attached hydrogen (secondary N) is 1. The van der Waals surface area contributed by atoms with E-state index in [2.05, 4.69) is 19.7 Å². The molecule has 3 rings (SSSR count). The second-order valence-electron chi connectivity index (χ2n) is 6.67. The van der Waals surface area contributed by atoms with Gasteiger partial charge in [-0.3, -0.25) is 9.78 Å². The number of carboxylic acid groups (broad SMARTS) is 1. The van der Waals surface area contributed by atoms with E-state index in [1.807, 2.05) is 26.0 Å². The minimum Gasteiger partial charge on any atom is -0.478 e. The van der Waals surface area contributed by atoms with E-state index in [1.54, 1.807) is 36.7 Å². The molecule has 1 aromatic carbocycles. The van der Waals surface area contributed by atoms with Crippen molar-refractivity contribution in [2.45, 2.75) is 26.2 Å². The van der Waals surface area contributed by atoms with Gasteiger partial charge in [0.2, 0.25) is 5.91 Å². The first-order chi connectivity index (χ1) is 13.9. The van der Waals surface area contributed by atoms with Gasteiger partial charge >= 0.3 is 5.97 Å². The highest BCUT2D eigenvalue weighted by molar-refractivity contribution is 7.06. The highest BCUT2D eigenvalue weighted by atomic mass is 32.1. The molecule has 0 radical (unpaired) electrons. The van der Waals surface area contributed by atoms with Crippen LogP contribution in [0, 0.1) is 0 Å². The maximum atomic E-state index is 12.3. The number of nitrogens with zero attached hydrogens (tertiary/aromatic N) is 3. The average Bonchev–Trinajstić information content (AvgIpc) is 3.16. The van der Waals surface area contributed by atoms with Crippen molar-refractivity contribution < 1.29 is 14.7 Å². The second-order valence-corrected chi connectivity index (χ2v) is 7.46. The summed E-state index contributed by atoms with van der Waals surface area (Å²) in [6.45, 7) is 4.08. The molecule has 0 unspecified atom stereocenters. The standard InChI is InChI=1S/C21H20N4O3S/c1-13(2)20-24-19(29-25-20)8-7-14-9-16(12-22-11-14)23-18(26)10-15-5-3-4-6-17(15)21(27)28/h3-9,11-13H,10H2,1-2H3,(H,23,26)(H,27,28). The third kappa shape index (κ3) is 5.55. The van der Waals surface area contributed by atoms with E-state index in [9.17, 15) is 14.7 Å². The molecule has 8 heteroatoms. The van der Waals surface area contributed by atoms with E-state index in [-0.39, 0.29) is 23.8 Å². The van der Waals surface area contributed by atoms with Crippen molar-refractivity contribution in [2.24, 2.45) is 0 Å². The molecule has 0 aliphatic heterocycles. The van der Waals surface area contributed by atoms with Crippen LogP contribution >= 0.6 is 11.5 Å². The lowest BCUT2D eigenvalue weighted by molar-refractivity contribution is -0.115. The minimum atomic E-state index is -1.06. The highest BCUT2D eigenvalue weighted by Gasteiger charge is 2.13. The molecule has 0 aliphatic rings. The molecule has 0 bridgehead atoms. The fourth-order valence-corrected chi connectivity index (χ4v) is 3.30. The van der Waals surface area contributed by atoms with E-state index in [0.29, 0.717) is 11.3 Å². The molecule has 0 spiro atoms. The van der Waals surface area contributed by atoms with Crippen LogP contribution in [-0.4, -0.2) is 31.3 Å². The number of hydrogen-bond donors (Lipinski definition) is 2. The average molecular weight is 408 g/mol. The monoisotopic (exact) mass is 408 g/mol. The Kier molecular flexibility index (Phi) is 6.46. The van der Waals surface area contributed by atoms with Crippen molar-refractivity contribution in [1.29, 1.82) is 0 Å². The predicted octanol–water partition coefficient (Wildman–Crippen LogP) is 4.11. The molecule has 29 heavy (non-hydrogen) atoms. The van der Waals surface area contributed by atoms with Crippen LogP contribution in [0.2, 0.25) is 0 Å². The third-order valence-electron chi connectivity index (χ3n) is 4.03. The summed E-state index contributed by atoms with van der Waals surface area (Å²) in [5, 5.41) is 12.8. The quantitative estimate of drug-likeness (QED) is 0.610. The Balaban J connectivity index is 1.67. The van der Waals surface area contributed by atoms with Crippen molar-refractivity contribution in [3.05, 3.63) is 70.2 Å². The van der Waals surface area contributed by atoms with Crippen molar-refractivity contribution in [1.82, 2.24) is 14.3 Å². The normalized spacial score (nSPS) is 11.1.